The Morgan fingerprint density at radius 3 is 2.60 bits per heavy atom. The number of thiol groups is 1. The Hall–Kier alpha value is -0.150. The minimum Gasteiger partial charge on any atom is -0.493 e. The van der Waals surface area contributed by atoms with Crippen LogP contribution >= 0.6 is 28.6 Å². The van der Waals surface area contributed by atoms with Crippen LogP contribution in [0, 0.1) is 12.3 Å². The van der Waals surface area contributed by atoms with Crippen LogP contribution in [-0.2, 0) is 0 Å². The summed E-state index contributed by atoms with van der Waals surface area (Å²) in [7, 11) is 0. The summed E-state index contributed by atoms with van der Waals surface area (Å²) in [5.74, 6) is 1.74. The van der Waals surface area contributed by atoms with Gasteiger partial charge in [0.1, 0.15) is 5.75 Å². The summed E-state index contributed by atoms with van der Waals surface area (Å²) in [5.41, 5.74) is 1.31. The molecule has 84 valence electrons. The van der Waals surface area contributed by atoms with Gasteiger partial charge in [-0.2, -0.15) is 12.6 Å². The molecule has 15 heavy (non-hydrogen) atoms. The van der Waals surface area contributed by atoms with Crippen LogP contribution in [-0.4, -0.2) is 12.4 Å². The molecule has 0 aliphatic carbocycles. The molecule has 0 spiro atoms. The van der Waals surface area contributed by atoms with Crippen LogP contribution in [0.2, 0.25) is 0 Å². The standard InChI is InChI=1S/C12H17BrOS/c1-9-6-10(4-5-11(9)13)14-7-12(2,3)8-15/h4-6,15H,7-8H2,1-3H3. The van der Waals surface area contributed by atoms with E-state index in [1.54, 1.807) is 0 Å². The number of ether oxygens (including phenoxy) is 1. The minimum absolute atomic E-state index is 0.115. The van der Waals surface area contributed by atoms with Gasteiger partial charge in [0.2, 0.25) is 0 Å². The molecule has 1 aromatic carbocycles. The topological polar surface area (TPSA) is 9.23 Å². The van der Waals surface area contributed by atoms with Gasteiger partial charge in [-0.05, 0) is 36.4 Å². The van der Waals surface area contributed by atoms with Gasteiger partial charge in [-0.15, -0.1) is 0 Å². The van der Waals surface area contributed by atoms with Crippen molar-refractivity contribution in [2.45, 2.75) is 20.8 Å². The number of hydrogen-bond acceptors (Lipinski definition) is 2. The van der Waals surface area contributed by atoms with Crippen molar-refractivity contribution in [3.63, 3.8) is 0 Å². The summed E-state index contributed by atoms with van der Waals surface area (Å²) in [4.78, 5) is 0. The molecule has 0 saturated carbocycles. The van der Waals surface area contributed by atoms with Crippen LogP contribution in [0.4, 0.5) is 0 Å². The quantitative estimate of drug-likeness (QED) is 0.821. The van der Waals surface area contributed by atoms with Crippen LogP contribution in [0.3, 0.4) is 0 Å². The second-order valence-electron chi connectivity index (χ2n) is 4.52. The van der Waals surface area contributed by atoms with Crippen molar-refractivity contribution < 1.29 is 4.74 Å². The molecule has 0 aliphatic heterocycles. The maximum atomic E-state index is 5.73. The summed E-state index contributed by atoms with van der Waals surface area (Å²) < 4.78 is 6.84. The van der Waals surface area contributed by atoms with Crippen LogP contribution in [0.5, 0.6) is 5.75 Å². The Balaban J connectivity index is 2.62. The Morgan fingerprint density at radius 1 is 1.40 bits per heavy atom. The third-order valence-corrected chi connectivity index (χ3v) is 3.93. The number of halogens is 1. The predicted molar refractivity (Wildman–Crippen MR) is 72.0 cm³/mol. The summed E-state index contributed by atoms with van der Waals surface area (Å²) >= 11 is 7.76. The molecule has 0 aromatic heterocycles. The molecule has 0 bridgehead atoms. The van der Waals surface area contributed by atoms with Gasteiger partial charge < -0.3 is 4.74 Å². The largest absolute Gasteiger partial charge is 0.493 e. The van der Waals surface area contributed by atoms with E-state index in [0.29, 0.717) is 6.61 Å². The smallest absolute Gasteiger partial charge is 0.119 e. The van der Waals surface area contributed by atoms with E-state index in [0.717, 1.165) is 16.0 Å². The predicted octanol–water partition coefficient (Wildman–Crippen LogP) is 4.09. The summed E-state index contributed by atoms with van der Waals surface area (Å²) in [6, 6.07) is 6.03. The van der Waals surface area contributed by atoms with Gasteiger partial charge in [-0.25, -0.2) is 0 Å². The van der Waals surface area contributed by atoms with Crippen molar-refractivity contribution in [2.24, 2.45) is 5.41 Å². The molecule has 0 atom stereocenters. The lowest BCUT2D eigenvalue weighted by Crippen LogP contribution is -2.23. The second-order valence-corrected chi connectivity index (χ2v) is 5.69. The van der Waals surface area contributed by atoms with Gasteiger partial charge in [-0.1, -0.05) is 29.8 Å². The van der Waals surface area contributed by atoms with Gasteiger partial charge in [-0.3, -0.25) is 0 Å². The van der Waals surface area contributed by atoms with Crippen molar-refractivity contribution >= 4 is 28.6 Å². The van der Waals surface area contributed by atoms with Gasteiger partial charge in [0.05, 0.1) is 6.61 Å². The first-order valence-corrected chi connectivity index (χ1v) is 6.37. The van der Waals surface area contributed by atoms with Crippen molar-refractivity contribution in [2.75, 3.05) is 12.4 Å². The first-order chi connectivity index (χ1) is 6.94. The molecule has 1 nitrogen and oxygen atoms in total. The Bertz CT molecular complexity index is 336. The number of hydrogen-bond donors (Lipinski definition) is 1. The Labute approximate surface area is 106 Å². The molecule has 0 N–H and O–H groups in total. The lowest BCUT2D eigenvalue weighted by Gasteiger charge is -2.22. The van der Waals surface area contributed by atoms with E-state index >= 15 is 0 Å². The van der Waals surface area contributed by atoms with Crippen molar-refractivity contribution in [3.8, 4) is 5.75 Å². The van der Waals surface area contributed by atoms with E-state index in [9.17, 15) is 0 Å². The summed E-state index contributed by atoms with van der Waals surface area (Å²) in [6.45, 7) is 7.04. The first kappa shape index (κ1) is 12.9. The first-order valence-electron chi connectivity index (χ1n) is 4.94. The normalized spacial score (nSPS) is 11.5. The van der Waals surface area contributed by atoms with Crippen LogP contribution in [0.25, 0.3) is 0 Å². The summed E-state index contributed by atoms with van der Waals surface area (Å²) in [6.07, 6.45) is 0. The SMILES string of the molecule is Cc1cc(OCC(C)(C)CS)ccc1Br. The van der Waals surface area contributed by atoms with Gasteiger partial charge >= 0.3 is 0 Å². The monoisotopic (exact) mass is 288 g/mol. The van der Waals surface area contributed by atoms with Gasteiger partial charge in [0.15, 0.2) is 0 Å². The molecule has 0 unspecified atom stereocenters. The van der Waals surface area contributed by atoms with Gasteiger partial charge in [0, 0.05) is 9.89 Å². The van der Waals surface area contributed by atoms with Crippen molar-refractivity contribution in [1.82, 2.24) is 0 Å². The number of aryl methyl sites for hydroxylation is 1. The van der Waals surface area contributed by atoms with Gasteiger partial charge in [0.25, 0.3) is 0 Å². The molecule has 1 rings (SSSR count). The zero-order chi connectivity index (χ0) is 11.5. The molecular weight excluding hydrogens is 272 g/mol. The van der Waals surface area contributed by atoms with E-state index in [2.05, 4.69) is 49.3 Å². The molecule has 0 saturated heterocycles. The highest BCUT2D eigenvalue weighted by Crippen LogP contribution is 2.24. The highest BCUT2D eigenvalue weighted by Gasteiger charge is 2.16. The highest BCUT2D eigenvalue weighted by atomic mass is 79.9. The third-order valence-electron chi connectivity index (χ3n) is 2.19. The zero-order valence-corrected chi connectivity index (χ0v) is 11.9. The fourth-order valence-corrected chi connectivity index (χ4v) is 1.37. The Morgan fingerprint density at radius 2 is 2.07 bits per heavy atom. The zero-order valence-electron chi connectivity index (χ0n) is 9.38. The molecule has 0 radical (unpaired) electrons. The lowest BCUT2D eigenvalue weighted by molar-refractivity contribution is 0.202. The molecule has 0 aliphatic rings. The maximum Gasteiger partial charge on any atom is 0.119 e. The van der Waals surface area contributed by atoms with E-state index in [1.807, 2.05) is 18.2 Å². The third kappa shape index (κ3) is 4.07. The highest BCUT2D eigenvalue weighted by molar-refractivity contribution is 9.10. The van der Waals surface area contributed by atoms with Crippen LogP contribution < -0.4 is 4.74 Å². The lowest BCUT2D eigenvalue weighted by atomic mass is 9.98. The van der Waals surface area contributed by atoms with E-state index in [4.69, 9.17) is 4.74 Å². The minimum atomic E-state index is 0.115. The maximum absolute atomic E-state index is 5.73. The van der Waals surface area contributed by atoms with Crippen molar-refractivity contribution in [1.29, 1.82) is 0 Å². The van der Waals surface area contributed by atoms with E-state index in [-0.39, 0.29) is 5.41 Å². The average molecular weight is 289 g/mol. The molecule has 0 fully saturated rings. The Kier molecular flexibility index (Phi) is 4.53. The second kappa shape index (κ2) is 5.26. The fraction of sp³-hybridized carbons (Fsp3) is 0.500. The fourth-order valence-electron chi connectivity index (χ4n) is 1.03. The number of benzene rings is 1. The molecule has 0 heterocycles. The van der Waals surface area contributed by atoms with Crippen LogP contribution in [0.15, 0.2) is 22.7 Å². The van der Waals surface area contributed by atoms with Crippen LogP contribution in [0.1, 0.15) is 19.4 Å². The van der Waals surface area contributed by atoms with E-state index in [1.165, 1.54) is 5.56 Å². The molecule has 3 heteroatoms. The average Bonchev–Trinajstić information content (AvgIpc) is 2.20. The molecule has 1 aromatic rings. The number of rotatable bonds is 4. The molecular formula is C12H17BrOS. The summed E-state index contributed by atoms with van der Waals surface area (Å²) in [5, 5.41) is 0. The van der Waals surface area contributed by atoms with E-state index < -0.39 is 0 Å². The molecule has 0 amide bonds. The van der Waals surface area contributed by atoms with Crippen molar-refractivity contribution in [3.05, 3.63) is 28.2 Å².